The van der Waals surface area contributed by atoms with E-state index in [9.17, 15) is 9.59 Å². The number of hydrazone groups is 1. The van der Waals surface area contributed by atoms with E-state index in [1.807, 2.05) is 47.4 Å². The number of nitrogens with zero attached hydrogens (tertiary/aromatic N) is 3. The van der Waals surface area contributed by atoms with Crippen molar-refractivity contribution in [3.8, 4) is 5.75 Å². The zero-order valence-electron chi connectivity index (χ0n) is 20.9. The van der Waals surface area contributed by atoms with Gasteiger partial charge in [-0.3, -0.25) is 15.0 Å². The van der Waals surface area contributed by atoms with Gasteiger partial charge >= 0.3 is 0 Å². The van der Waals surface area contributed by atoms with E-state index in [0.29, 0.717) is 25.9 Å². The van der Waals surface area contributed by atoms with E-state index in [0.717, 1.165) is 49.3 Å². The molecule has 2 N–H and O–H groups in total. The fourth-order valence-corrected chi connectivity index (χ4v) is 5.72. The minimum atomic E-state index is -0.271. The zero-order valence-corrected chi connectivity index (χ0v) is 20.9. The Hall–Kier alpha value is -3.55. The molecule has 5 rings (SSSR count). The molecule has 3 unspecified atom stereocenters. The van der Waals surface area contributed by atoms with Crippen LogP contribution in [0.3, 0.4) is 0 Å². The summed E-state index contributed by atoms with van der Waals surface area (Å²) in [6.45, 7) is 1.06. The predicted molar refractivity (Wildman–Crippen MR) is 138 cm³/mol. The molecule has 2 aromatic rings. The molecule has 8 heteroatoms. The standard InChI is InChI=1S/C28H35N5O3/c1-36-24-14-8-5-11-21(24)19-29-26(34)16-15-25-30-31-28-32(18-17-20-9-3-2-4-10-20)27(35)22-12-6-7-13-23(22)33(25)28/h2-5,8-11,14,22-23,28,31H,6-7,12-13,15-19H2,1H3,(H,29,34). The molecule has 2 fully saturated rings. The van der Waals surface area contributed by atoms with Crippen molar-refractivity contribution in [1.29, 1.82) is 0 Å². The average molecular weight is 490 g/mol. The van der Waals surface area contributed by atoms with Crippen molar-refractivity contribution >= 4 is 17.6 Å². The summed E-state index contributed by atoms with van der Waals surface area (Å²) in [7, 11) is 1.63. The highest BCUT2D eigenvalue weighted by Gasteiger charge is 2.50. The molecular weight excluding hydrogens is 454 g/mol. The Bertz CT molecular complexity index is 1110. The Labute approximate surface area is 212 Å². The Kier molecular flexibility index (Phi) is 7.39. The maximum absolute atomic E-state index is 13.5. The predicted octanol–water partition coefficient (Wildman–Crippen LogP) is 3.24. The van der Waals surface area contributed by atoms with Crippen molar-refractivity contribution in [3.63, 3.8) is 0 Å². The Balaban J connectivity index is 1.22. The van der Waals surface area contributed by atoms with E-state index in [1.165, 1.54) is 5.56 Å². The molecule has 1 saturated carbocycles. The first-order chi connectivity index (χ1) is 17.7. The van der Waals surface area contributed by atoms with Crippen molar-refractivity contribution < 1.29 is 14.3 Å². The van der Waals surface area contributed by atoms with E-state index in [-0.39, 0.29) is 30.1 Å². The quantitative estimate of drug-likeness (QED) is 0.565. The first-order valence-corrected chi connectivity index (χ1v) is 13.0. The minimum Gasteiger partial charge on any atom is -0.496 e. The van der Waals surface area contributed by atoms with E-state index >= 15 is 0 Å². The number of hydrogen-bond acceptors (Lipinski definition) is 6. The first-order valence-electron chi connectivity index (χ1n) is 13.0. The van der Waals surface area contributed by atoms with Gasteiger partial charge in [0.25, 0.3) is 0 Å². The Morgan fingerprint density at radius 3 is 2.69 bits per heavy atom. The van der Waals surface area contributed by atoms with E-state index < -0.39 is 0 Å². The SMILES string of the molecule is COc1ccccc1CNC(=O)CCC1=NNC2N(CCc3ccccc3)C(=O)C3CCCCC3N12. The lowest BCUT2D eigenvalue weighted by Crippen LogP contribution is -2.67. The van der Waals surface area contributed by atoms with Crippen LogP contribution in [0.5, 0.6) is 5.75 Å². The zero-order chi connectivity index (χ0) is 24.9. The second-order valence-electron chi connectivity index (χ2n) is 9.75. The normalized spacial score (nSPS) is 22.9. The second kappa shape index (κ2) is 11.0. The van der Waals surface area contributed by atoms with Gasteiger partial charge in [0.15, 0.2) is 6.29 Å². The van der Waals surface area contributed by atoms with Gasteiger partial charge in [-0.2, -0.15) is 5.10 Å². The van der Waals surface area contributed by atoms with Crippen LogP contribution in [-0.4, -0.2) is 53.4 Å². The first kappa shape index (κ1) is 24.2. The summed E-state index contributed by atoms with van der Waals surface area (Å²) in [5.74, 6) is 1.84. The van der Waals surface area contributed by atoms with Crippen LogP contribution in [0, 0.1) is 5.92 Å². The van der Waals surface area contributed by atoms with Gasteiger partial charge < -0.3 is 19.9 Å². The van der Waals surface area contributed by atoms with Gasteiger partial charge in [0.1, 0.15) is 11.6 Å². The van der Waals surface area contributed by atoms with E-state index in [1.54, 1.807) is 7.11 Å². The maximum Gasteiger partial charge on any atom is 0.230 e. The summed E-state index contributed by atoms with van der Waals surface area (Å²) in [4.78, 5) is 30.4. The van der Waals surface area contributed by atoms with E-state index in [4.69, 9.17) is 4.74 Å². The van der Waals surface area contributed by atoms with Crippen molar-refractivity contribution in [2.24, 2.45) is 11.0 Å². The smallest absolute Gasteiger partial charge is 0.230 e. The molecule has 0 bridgehead atoms. The molecule has 3 atom stereocenters. The topological polar surface area (TPSA) is 86.3 Å². The van der Waals surface area contributed by atoms with Crippen LogP contribution in [0.25, 0.3) is 0 Å². The molecule has 1 saturated heterocycles. The molecule has 2 aromatic carbocycles. The number of benzene rings is 2. The third kappa shape index (κ3) is 5.03. The summed E-state index contributed by atoms with van der Waals surface area (Å²) < 4.78 is 5.38. The van der Waals surface area contributed by atoms with Crippen LogP contribution < -0.4 is 15.5 Å². The molecule has 8 nitrogen and oxygen atoms in total. The summed E-state index contributed by atoms with van der Waals surface area (Å²) in [5.41, 5.74) is 5.39. The van der Waals surface area contributed by atoms with Crippen molar-refractivity contribution in [1.82, 2.24) is 20.5 Å². The van der Waals surface area contributed by atoms with Gasteiger partial charge in [0.2, 0.25) is 11.8 Å². The number of rotatable bonds is 9. The molecule has 2 amide bonds. The highest BCUT2D eigenvalue weighted by molar-refractivity contribution is 5.91. The summed E-state index contributed by atoms with van der Waals surface area (Å²) in [6, 6.07) is 18.1. The minimum absolute atomic E-state index is 0.00440. The number of ether oxygens (including phenoxy) is 1. The molecule has 1 aliphatic carbocycles. The molecule has 3 aliphatic rings. The van der Waals surface area contributed by atoms with Gasteiger partial charge in [-0.1, -0.05) is 61.4 Å². The highest BCUT2D eigenvalue weighted by Crippen LogP contribution is 2.37. The number of carbonyl (C=O) groups is 2. The van der Waals surface area contributed by atoms with Crippen LogP contribution in [0.1, 0.15) is 49.7 Å². The molecule has 36 heavy (non-hydrogen) atoms. The van der Waals surface area contributed by atoms with Gasteiger partial charge in [0.05, 0.1) is 13.0 Å². The third-order valence-electron chi connectivity index (χ3n) is 7.58. The Morgan fingerprint density at radius 1 is 1.08 bits per heavy atom. The second-order valence-corrected chi connectivity index (χ2v) is 9.75. The fourth-order valence-electron chi connectivity index (χ4n) is 5.72. The van der Waals surface area contributed by atoms with Crippen molar-refractivity contribution in [2.75, 3.05) is 13.7 Å². The van der Waals surface area contributed by atoms with Crippen LogP contribution >= 0.6 is 0 Å². The average Bonchev–Trinajstić information content (AvgIpc) is 3.35. The van der Waals surface area contributed by atoms with Crippen LogP contribution in [0.4, 0.5) is 0 Å². The molecule has 0 spiro atoms. The maximum atomic E-state index is 13.5. The summed E-state index contributed by atoms with van der Waals surface area (Å²) in [5, 5.41) is 7.63. The largest absolute Gasteiger partial charge is 0.496 e. The number of nitrogens with one attached hydrogen (secondary N) is 2. The van der Waals surface area contributed by atoms with E-state index in [2.05, 4.69) is 32.9 Å². The molecular formula is C28H35N5O3. The number of amides is 2. The van der Waals surface area contributed by atoms with Gasteiger partial charge in [-0.05, 0) is 30.9 Å². The summed E-state index contributed by atoms with van der Waals surface area (Å²) in [6.07, 6.45) is 5.52. The van der Waals surface area contributed by atoms with Gasteiger partial charge in [-0.15, -0.1) is 0 Å². The summed E-state index contributed by atoms with van der Waals surface area (Å²) >= 11 is 0. The third-order valence-corrected chi connectivity index (χ3v) is 7.58. The molecule has 0 radical (unpaired) electrons. The number of fused-ring (bicyclic) bond motifs is 3. The fraction of sp³-hybridized carbons (Fsp3) is 0.464. The molecule has 2 heterocycles. The van der Waals surface area contributed by atoms with Crippen LogP contribution in [0.15, 0.2) is 59.7 Å². The molecule has 2 aliphatic heterocycles. The van der Waals surface area contributed by atoms with Crippen molar-refractivity contribution in [2.45, 2.75) is 63.8 Å². The number of carbonyl (C=O) groups excluding carboxylic acids is 2. The monoisotopic (exact) mass is 489 g/mol. The number of hydrogen-bond donors (Lipinski definition) is 2. The number of methoxy groups -OCH3 is 1. The highest BCUT2D eigenvalue weighted by atomic mass is 16.5. The van der Waals surface area contributed by atoms with Gasteiger partial charge in [-0.25, -0.2) is 0 Å². The number of amidine groups is 1. The lowest BCUT2D eigenvalue weighted by Gasteiger charge is -2.50. The van der Waals surface area contributed by atoms with Gasteiger partial charge in [0, 0.05) is 37.5 Å². The van der Waals surface area contributed by atoms with Crippen LogP contribution in [0.2, 0.25) is 0 Å². The Morgan fingerprint density at radius 2 is 1.86 bits per heavy atom. The lowest BCUT2D eigenvalue weighted by molar-refractivity contribution is -0.155. The van der Waals surface area contributed by atoms with Crippen molar-refractivity contribution in [3.05, 3.63) is 65.7 Å². The lowest BCUT2D eigenvalue weighted by atomic mass is 9.80. The molecule has 0 aromatic heterocycles. The molecule has 190 valence electrons. The van der Waals surface area contributed by atoms with Crippen LogP contribution in [-0.2, 0) is 22.6 Å². The number of para-hydroxylation sites is 1.